The van der Waals surface area contributed by atoms with E-state index < -0.39 is 0 Å². The van der Waals surface area contributed by atoms with Crippen LogP contribution in [0.25, 0.3) is 0 Å². The minimum absolute atomic E-state index is 0.348. The predicted molar refractivity (Wildman–Crippen MR) is 84.6 cm³/mol. The third kappa shape index (κ3) is 3.75. The summed E-state index contributed by atoms with van der Waals surface area (Å²) in [5, 5.41) is 4.05. The van der Waals surface area contributed by atoms with E-state index in [-0.39, 0.29) is 0 Å². The van der Waals surface area contributed by atoms with Crippen LogP contribution >= 0.6 is 11.6 Å². The molecule has 0 bridgehead atoms. The summed E-state index contributed by atoms with van der Waals surface area (Å²) in [5.41, 5.74) is 2.44. The molecule has 1 N–H and O–H groups in total. The predicted octanol–water partition coefficient (Wildman–Crippen LogP) is 3.26. The highest BCUT2D eigenvalue weighted by molar-refractivity contribution is 6.32. The highest BCUT2D eigenvalue weighted by Gasteiger charge is 2.22. The molecule has 4 heteroatoms. The standard InChI is InChI=1S/C16H23ClN2O/c1-12(2)10-15(19-8-6-18-7-9-19)13-4-5-14(17)16(11-13)20-3/h4-5,11,15,18H,1,6-10H2,2-3H3/t15-/m1/s1. The number of rotatable bonds is 5. The summed E-state index contributed by atoms with van der Waals surface area (Å²) in [7, 11) is 1.66. The van der Waals surface area contributed by atoms with E-state index in [0.29, 0.717) is 11.1 Å². The molecule has 0 spiro atoms. The van der Waals surface area contributed by atoms with Crippen LogP contribution in [-0.2, 0) is 0 Å². The zero-order valence-electron chi connectivity index (χ0n) is 12.3. The Morgan fingerprint density at radius 1 is 1.45 bits per heavy atom. The molecular formula is C16H23ClN2O. The van der Waals surface area contributed by atoms with Crippen LogP contribution in [-0.4, -0.2) is 38.2 Å². The van der Waals surface area contributed by atoms with E-state index in [9.17, 15) is 0 Å². The van der Waals surface area contributed by atoms with Gasteiger partial charge in [-0.1, -0.05) is 23.2 Å². The van der Waals surface area contributed by atoms with Gasteiger partial charge in [0.15, 0.2) is 0 Å². The van der Waals surface area contributed by atoms with E-state index in [4.69, 9.17) is 16.3 Å². The van der Waals surface area contributed by atoms with Gasteiger partial charge in [-0.15, -0.1) is 6.58 Å². The molecule has 1 atom stereocenters. The van der Waals surface area contributed by atoms with Crippen molar-refractivity contribution in [3.8, 4) is 5.75 Å². The second-order valence-electron chi connectivity index (χ2n) is 5.36. The van der Waals surface area contributed by atoms with E-state index in [1.807, 2.05) is 6.07 Å². The number of ether oxygens (including phenoxy) is 1. The third-order valence-electron chi connectivity index (χ3n) is 3.69. The van der Waals surface area contributed by atoms with Gasteiger partial charge in [0.2, 0.25) is 0 Å². The Hall–Kier alpha value is -1.03. The van der Waals surface area contributed by atoms with Gasteiger partial charge in [-0.25, -0.2) is 0 Å². The Labute approximate surface area is 126 Å². The Morgan fingerprint density at radius 3 is 2.75 bits per heavy atom. The molecule has 1 fully saturated rings. The monoisotopic (exact) mass is 294 g/mol. The highest BCUT2D eigenvalue weighted by atomic mass is 35.5. The minimum atomic E-state index is 0.348. The summed E-state index contributed by atoms with van der Waals surface area (Å²) >= 11 is 6.13. The molecule has 1 aromatic rings. The fourth-order valence-corrected chi connectivity index (χ4v) is 2.86. The van der Waals surface area contributed by atoms with Gasteiger partial charge in [-0.05, 0) is 31.0 Å². The molecule has 1 aliphatic heterocycles. The van der Waals surface area contributed by atoms with Gasteiger partial charge in [0, 0.05) is 32.2 Å². The van der Waals surface area contributed by atoms with Crippen LogP contribution in [0, 0.1) is 0 Å². The number of hydrogen-bond acceptors (Lipinski definition) is 3. The van der Waals surface area contributed by atoms with Crippen molar-refractivity contribution in [3.05, 3.63) is 40.9 Å². The molecule has 1 aliphatic rings. The molecule has 0 unspecified atom stereocenters. The molecule has 3 nitrogen and oxygen atoms in total. The van der Waals surface area contributed by atoms with Crippen molar-refractivity contribution < 1.29 is 4.74 Å². The van der Waals surface area contributed by atoms with Gasteiger partial charge in [0.05, 0.1) is 12.1 Å². The summed E-state index contributed by atoms with van der Waals surface area (Å²) in [6, 6.07) is 6.42. The van der Waals surface area contributed by atoms with E-state index in [1.165, 1.54) is 11.1 Å². The topological polar surface area (TPSA) is 24.5 Å². The van der Waals surface area contributed by atoms with Crippen LogP contribution in [0.1, 0.15) is 24.9 Å². The number of methoxy groups -OCH3 is 1. The number of hydrogen-bond donors (Lipinski definition) is 1. The third-order valence-corrected chi connectivity index (χ3v) is 4.01. The van der Waals surface area contributed by atoms with Crippen LogP contribution in [0.4, 0.5) is 0 Å². The number of nitrogens with one attached hydrogen (secondary N) is 1. The number of piperazine rings is 1. The minimum Gasteiger partial charge on any atom is -0.495 e. The van der Waals surface area contributed by atoms with Crippen molar-refractivity contribution >= 4 is 11.6 Å². The van der Waals surface area contributed by atoms with Crippen molar-refractivity contribution in [3.63, 3.8) is 0 Å². The van der Waals surface area contributed by atoms with Crippen LogP contribution < -0.4 is 10.1 Å². The summed E-state index contributed by atoms with van der Waals surface area (Å²) in [6.07, 6.45) is 0.963. The first kappa shape index (κ1) is 15.4. The normalized spacial score (nSPS) is 17.8. The lowest BCUT2D eigenvalue weighted by Crippen LogP contribution is -2.45. The smallest absolute Gasteiger partial charge is 0.137 e. The van der Waals surface area contributed by atoms with Gasteiger partial charge in [0.25, 0.3) is 0 Å². The van der Waals surface area contributed by atoms with E-state index in [1.54, 1.807) is 7.11 Å². The summed E-state index contributed by atoms with van der Waals surface area (Å²) < 4.78 is 5.34. The van der Waals surface area contributed by atoms with Crippen molar-refractivity contribution in [1.29, 1.82) is 0 Å². The molecule has 1 aromatic carbocycles. The van der Waals surface area contributed by atoms with E-state index >= 15 is 0 Å². The van der Waals surface area contributed by atoms with Crippen molar-refractivity contribution in [1.82, 2.24) is 10.2 Å². The van der Waals surface area contributed by atoms with E-state index in [0.717, 1.165) is 38.3 Å². The molecule has 2 rings (SSSR count). The first-order valence-corrected chi connectivity index (χ1v) is 7.42. The summed E-state index contributed by atoms with van der Waals surface area (Å²) in [6.45, 7) is 10.4. The molecule has 110 valence electrons. The fraction of sp³-hybridized carbons (Fsp3) is 0.500. The summed E-state index contributed by atoms with van der Waals surface area (Å²) in [5.74, 6) is 0.742. The molecule has 0 radical (unpaired) electrons. The van der Waals surface area contributed by atoms with Crippen LogP contribution in [0.2, 0.25) is 5.02 Å². The zero-order valence-corrected chi connectivity index (χ0v) is 13.0. The van der Waals surface area contributed by atoms with Gasteiger partial charge in [0.1, 0.15) is 5.75 Å². The van der Waals surface area contributed by atoms with E-state index in [2.05, 4.69) is 35.9 Å². The second-order valence-corrected chi connectivity index (χ2v) is 5.76. The maximum Gasteiger partial charge on any atom is 0.137 e. The lowest BCUT2D eigenvalue weighted by Gasteiger charge is -2.35. The molecule has 0 saturated carbocycles. The molecule has 0 aromatic heterocycles. The largest absolute Gasteiger partial charge is 0.495 e. The first-order valence-electron chi connectivity index (χ1n) is 7.04. The fourth-order valence-electron chi connectivity index (χ4n) is 2.67. The Balaban J connectivity index is 2.27. The maximum atomic E-state index is 6.13. The van der Waals surface area contributed by atoms with Crippen molar-refractivity contribution in [2.45, 2.75) is 19.4 Å². The summed E-state index contributed by atoms with van der Waals surface area (Å²) in [4.78, 5) is 2.51. The quantitative estimate of drug-likeness (QED) is 0.844. The SMILES string of the molecule is C=C(C)C[C@H](c1ccc(Cl)c(OC)c1)N1CCNCC1. The highest BCUT2D eigenvalue weighted by Crippen LogP contribution is 2.33. The van der Waals surface area contributed by atoms with Crippen LogP contribution in [0.15, 0.2) is 30.4 Å². The van der Waals surface area contributed by atoms with Crippen LogP contribution in [0.5, 0.6) is 5.75 Å². The number of benzene rings is 1. The molecule has 20 heavy (non-hydrogen) atoms. The number of halogens is 1. The van der Waals surface area contributed by atoms with Gasteiger partial charge in [-0.2, -0.15) is 0 Å². The lowest BCUT2D eigenvalue weighted by molar-refractivity contribution is 0.172. The molecule has 1 saturated heterocycles. The Morgan fingerprint density at radius 2 is 2.15 bits per heavy atom. The molecule has 0 aliphatic carbocycles. The van der Waals surface area contributed by atoms with Crippen LogP contribution in [0.3, 0.4) is 0 Å². The second kappa shape index (κ2) is 7.11. The molecule has 0 amide bonds. The Kier molecular flexibility index (Phi) is 5.46. The molecular weight excluding hydrogens is 272 g/mol. The average Bonchev–Trinajstić information content (AvgIpc) is 2.46. The number of nitrogens with zero attached hydrogens (tertiary/aromatic N) is 1. The van der Waals surface area contributed by atoms with Crippen molar-refractivity contribution in [2.75, 3.05) is 33.3 Å². The maximum absolute atomic E-state index is 6.13. The van der Waals surface area contributed by atoms with Gasteiger partial charge in [-0.3, -0.25) is 4.90 Å². The average molecular weight is 295 g/mol. The first-order chi connectivity index (χ1) is 9.61. The molecule has 1 heterocycles. The lowest BCUT2D eigenvalue weighted by atomic mass is 9.97. The zero-order chi connectivity index (χ0) is 14.5. The Bertz CT molecular complexity index is 470. The van der Waals surface area contributed by atoms with Gasteiger partial charge < -0.3 is 10.1 Å². The van der Waals surface area contributed by atoms with Gasteiger partial charge >= 0.3 is 0 Å². The van der Waals surface area contributed by atoms with Crippen molar-refractivity contribution in [2.24, 2.45) is 0 Å².